The van der Waals surface area contributed by atoms with E-state index in [0.717, 1.165) is 39.2 Å². The van der Waals surface area contributed by atoms with Gasteiger partial charge in [-0.05, 0) is 50.4 Å². The van der Waals surface area contributed by atoms with Crippen molar-refractivity contribution < 1.29 is 4.74 Å². The van der Waals surface area contributed by atoms with Crippen LogP contribution in [0.5, 0.6) is 0 Å². The van der Waals surface area contributed by atoms with Crippen molar-refractivity contribution in [3.63, 3.8) is 0 Å². The molecule has 1 N–H and O–H groups in total. The molecule has 1 aromatic rings. The SMILES string of the molecule is Cl.Cl.c1cnc2c(c1)CN(C1CCOC3(CCNCC3)C1)CC2. The van der Waals surface area contributed by atoms with E-state index in [0.29, 0.717) is 6.04 Å². The zero-order chi connectivity index (χ0) is 14.1. The Balaban J connectivity index is 0.000000960. The number of nitrogens with one attached hydrogen (secondary N) is 1. The number of fused-ring (bicyclic) bond motifs is 1. The van der Waals surface area contributed by atoms with E-state index in [1.54, 1.807) is 0 Å². The second-order valence-electron chi connectivity index (χ2n) is 6.76. The normalized spacial score (nSPS) is 26.7. The zero-order valence-corrected chi connectivity index (χ0v) is 15.1. The van der Waals surface area contributed by atoms with Crippen molar-refractivity contribution in [2.24, 2.45) is 0 Å². The van der Waals surface area contributed by atoms with Gasteiger partial charge in [-0.3, -0.25) is 9.88 Å². The van der Waals surface area contributed by atoms with Crippen molar-refractivity contribution in [2.45, 2.75) is 50.3 Å². The largest absolute Gasteiger partial charge is 0.375 e. The van der Waals surface area contributed by atoms with Crippen LogP contribution < -0.4 is 5.32 Å². The molecule has 6 heteroatoms. The van der Waals surface area contributed by atoms with E-state index in [-0.39, 0.29) is 30.4 Å². The lowest BCUT2D eigenvalue weighted by molar-refractivity contribution is -0.122. The molecule has 1 atom stereocenters. The molecule has 2 saturated heterocycles. The Hall–Kier alpha value is -0.390. The zero-order valence-electron chi connectivity index (χ0n) is 13.5. The molecule has 1 spiro atoms. The van der Waals surface area contributed by atoms with Crippen LogP contribution in [0.1, 0.15) is 36.9 Å². The second kappa shape index (κ2) is 8.13. The Morgan fingerprint density at radius 3 is 2.91 bits per heavy atom. The molecular weight excluding hydrogens is 333 g/mol. The van der Waals surface area contributed by atoms with Crippen molar-refractivity contribution in [3.05, 3.63) is 29.6 Å². The fourth-order valence-corrected chi connectivity index (χ4v) is 4.24. The van der Waals surface area contributed by atoms with Gasteiger partial charge in [-0.2, -0.15) is 0 Å². The first-order valence-corrected chi connectivity index (χ1v) is 8.36. The van der Waals surface area contributed by atoms with E-state index in [1.807, 2.05) is 6.20 Å². The molecule has 0 bridgehead atoms. The maximum Gasteiger partial charge on any atom is 0.0721 e. The molecule has 4 heterocycles. The average molecular weight is 360 g/mol. The quantitative estimate of drug-likeness (QED) is 0.836. The van der Waals surface area contributed by atoms with E-state index in [2.05, 4.69) is 27.3 Å². The maximum atomic E-state index is 6.22. The highest BCUT2D eigenvalue weighted by Crippen LogP contribution is 2.36. The fraction of sp³-hybridized carbons (Fsp3) is 0.706. The summed E-state index contributed by atoms with van der Waals surface area (Å²) in [5.41, 5.74) is 2.88. The van der Waals surface area contributed by atoms with Gasteiger partial charge in [0.05, 0.1) is 5.60 Å². The van der Waals surface area contributed by atoms with Crippen LogP contribution in [0.3, 0.4) is 0 Å². The standard InChI is InChI=1S/C17H25N3O.2ClH/c1-2-14-13-20(10-3-16(14)19-7-1)15-4-11-21-17(12-15)5-8-18-9-6-17;;/h1-2,7,15,18H,3-6,8-13H2;2*1H. The van der Waals surface area contributed by atoms with Crippen molar-refractivity contribution in [2.75, 3.05) is 26.2 Å². The van der Waals surface area contributed by atoms with Crippen molar-refractivity contribution in [3.8, 4) is 0 Å². The number of ether oxygens (including phenoxy) is 1. The highest BCUT2D eigenvalue weighted by molar-refractivity contribution is 5.85. The highest BCUT2D eigenvalue weighted by Gasteiger charge is 2.40. The number of halogens is 2. The molecule has 0 amide bonds. The summed E-state index contributed by atoms with van der Waals surface area (Å²) in [6.45, 7) is 5.38. The molecule has 130 valence electrons. The van der Waals surface area contributed by atoms with Crippen LogP contribution in [0.4, 0.5) is 0 Å². The molecule has 23 heavy (non-hydrogen) atoms. The van der Waals surface area contributed by atoms with Crippen LogP contribution in [0, 0.1) is 0 Å². The predicted octanol–water partition coefficient (Wildman–Crippen LogP) is 2.58. The third kappa shape index (κ3) is 3.99. The van der Waals surface area contributed by atoms with E-state index in [9.17, 15) is 0 Å². The van der Waals surface area contributed by atoms with E-state index >= 15 is 0 Å². The van der Waals surface area contributed by atoms with Crippen LogP contribution in [0.15, 0.2) is 18.3 Å². The summed E-state index contributed by atoms with van der Waals surface area (Å²) < 4.78 is 6.22. The fourth-order valence-electron chi connectivity index (χ4n) is 4.24. The first-order valence-electron chi connectivity index (χ1n) is 8.36. The van der Waals surface area contributed by atoms with Crippen molar-refractivity contribution in [1.29, 1.82) is 0 Å². The predicted molar refractivity (Wildman–Crippen MR) is 96.7 cm³/mol. The number of rotatable bonds is 1. The minimum Gasteiger partial charge on any atom is -0.375 e. The number of hydrogen-bond donors (Lipinski definition) is 1. The first kappa shape index (κ1) is 18.9. The van der Waals surface area contributed by atoms with Gasteiger partial charge in [0.1, 0.15) is 0 Å². The van der Waals surface area contributed by atoms with Crippen LogP contribution >= 0.6 is 24.8 Å². The lowest BCUT2D eigenvalue weighted by Crippen LogP contribution is -2.53. The lowest BCUT2D eigenvalue weighted by atomic mass is 9.82. The van der Waals surface area contributed by atoms with Gasteiger partial charge in [0.2, 0.25) is 0 Å². The molecular formula is C17H27Cl2N3O. The summed E-state index contributed by atoms with van der Waals surface area (Å²) in [7, 11) is 0. The third-order valence-electron chi connectivity index (χ3n) is 5.49. The Labute approximate surface area is 151 Å². The molecule has 0 radical (unpaired) electrons. The van der Waals surface area contributed by atoms with Crippen molar-refractivity contribution in [1.82, 2.24) is 15.2 Å². The van der Waals surface area contributed by atoms with E-state index in [4.69, 9.17) is 4.74 Å². The molecule has 3 aliphatic heterocycles. The molecule has 2 fully saturated rings. The van der Waals surface area contributed by atoms with Gasteiger partial charge in [0.15, 0.2) is 0 Å². The van der Waals surface area contributed by atoms with Gasteiger partial charge in [0.25, 0.3) is 0 Å². The van der Waals surface area contributed by atoms with Gasteiger partial charge in [-0.15, -0.1) is 24.8 Å². The molecule has 0 aliphatic carbocycles. The highest BCUT2D eigenvalue weighted by atomic mass is 35.5. The van der Waals surface area contributed by atoms with Gasteiger partial charge >= 0.3 is 0 Å². The number of pyridine rings is 1. The topological polar surface area (TPSA) is 37.4 Å². The molecule has 4 rings (SSSR count). The minimum atomic E-state index is 0. The Kier molecular flexibility index (Phi) is 6.69. The average Bonchev–Trinajstić information content (AvgIpc) is 2.55. The molecule has 0 aromatic carbocycles. The molecule has 3 aliphatic rings. The number of hydrogen-bond acceptors (Lipinski definition) is 4. The Bertz CT molecular complexity index is 503. The lowest BCUT2D eigenvalue weighted by Gasteiger charge is -2.47. The van der Waals surface area contributed by atoms with Gasteiger partial charge in [0, 0.05) is 44.0 Å². The Morgan fingerprint density at radius 1 is 1.26 bits per heavy atom. The monoisotopic (exact) mass is 359 g/mol. The van der Waals surface area contributed by atoms with Gasteiger partial charge < -0.3 is 10.1 Å². The van der Waals surface area contributed by atoms with E-state index in [1.165, 1.54) is 36.9 Å². The van der Waals surface area contributed by atoms with Crippen LogP contribution in [-0.4, -0.2) is 47.8 Å². The third-order valence-corrected chi connectivity index (χ3v) is 5.49. The minimum absolute atomic E-state index is 0. The number of piperidine rings is 1. The van der Waals surface area contributed by atoms with Crippen molar-refractivity contribution >= 4 is 24.8 Å². The number of nitrogens with zero attached hydrogens (tertiary/aromatic N) is 2. The van der Waals surface area contributed by atoms with Gasteiger partial charge in [-0.1, -0.05) is 6.07 Å². The summed E-state index contributed by atoms with van der Waals surface area (Å²) in [6.07, 6.45) is 7.77. The number of aromatic nitrogens is 1. The molecule has 1 aromatic heterocycles. The summed E-state index contributed by atoms with van der Waals surface area (Å²) in [5, 5.41) is 3.46. The van der Waals surface area contributed by atoms with Crippen LogP contribution in [0.25, 0.3) is 0 Å². The van der Waals surface area contributed by atoms with Crippen LogP contribution in [-0.2, 0) is 17.7 Å². The molecule has 1 unspecified atom stereocenters. The maximum absolute atomic E-state index is 6.22. The summed E-state index contributed by atoms with van der Waals surface area (Å²) in [4.78, 5) is 7.20. The van der Waals surface area contributed by atoms with Gasteiger partial charge in [-0.25, -0.2) is 0 Å². The first-order chi connectivity index (χ1) is 10.3. The molecule has 0 saturated carbocycles. The molecule has 4 nitrogen and oxygen atoms in total. The smallest absolute Gasteiger partial charge is 0.0721 e. The summed E-state index contributed by atoms with van der Waals surface area (Å²) in [5.74, 6) is 0. The summed E-state index contributed by atoms with van der Waals surface area (Å²) >= 11 is 0. The van der Waals surface area contributed by atoms with E-state index < -0.39 is 0 Å². The Morgan fingerprint density at radius 2 is 2.09 bits per heavy atom. The van der Waals surface area contributed by atoms with Crippen LogP contribution in [0.2, 0.25) is 0 Å². The summed E-state index contributed by atoms with van der Waals surface area (Å²) in [6, 6.07) is 5.00. The second-order valence-corrected chi connectivity index (χ2v) is 6.76.